The lowest BCUT2D eigenvalue weighted by Gasteiger charge is -2.12. The molecule has 0 aliphatic rings. The standard InChI is InChI=1S/C13H9ClO3.C4H10O2/c1-3-5-16-12-8-10(9-15)7-11(14)13(12)17-6-4-2;1-4(5-2)6-3/h1-2,7-9H,5-6H2;4H,1-3H3. The van der Waals surface area contributed by atoms with Crippen molar-refractivity contribution in [2.45, 2.75) is 13.2 Å². The first-order valence-electron chi connectivity index (χ1n) is 6.50. The number of benzene rings is 1. The van der Waals surface area contributed by atoms with Crippen LogP contribution in [0.5, 0.6) is 11.5 Å². The molecule has 0 atom stereocenters. The van der Waals surface area contributed by atoms with Gasteiger partial charge in [0, 0.05) is 19.8 Å². The van der Waals surface area contributed by atoms with Gasteiger partial charge in [-0.3, -0.25) is 4.79 Å². The maximum Gasteiger partial charge on any atom is 0.181 e. The molecule has 0 saturated carbocycles. The predicted molar refractivity (Wildman–Crippen MR) is 89.0 cm³/mol. The van der Waals surface area contributed by atoms with E-state index in [1.807, 2.05) is 6.92 Å². The monoisotopic (exact) mass is 338 g/mol. The fourth-order valence-electron chi connectivity index (χ4n) is 1.23. The molecule has 0 amide bonds. The van der Waals surface area contributed by atoms with Crippen LogP contribution in [0.3, 0.4) is 0 Å². The fraction of sp³-hybridized carbons (Fsp3) is 0.353. The van der Waals surface area contributed by atoms with Crippen LogP contribution in [0.2, 0.25) is 5.02 Å². The van der Waals surface area contributed by atoms with E-state index in [0.29, 0.717) is 17.6 Å². The number of methoxy groups -OCH3 is 2. The van der Waals surface area contributed by atoms with E-state index in [1.54, 1.807) is 14.2 Å². The van der Waals surface area contributed by atoms with Gasteiger partial charge in [-0.1, -0.05) is 23.4 Å². The van der Waals surface area contributed by atoms with Crippen molar-refractivity contribution in [1.82, 2.24) is 0 Å². The molecular formula is C17H19ClO5. The van der Waals surface area contributed by atoms with Crippen LogP contribution in [0, 0.1) is 24.7 Å². The maximum atomic E-state index is 10.7. The number of ether oxygens (including phenoxy) is 4. The minimum Gasteiger partial charge on any atom is -0.477 e. The summed E-state index contributed by atoms with van der Waals surface area (Å²) < 4.78 is 19.8. The number of halogens is 1. The molecule has 1 aromatic carbocycles. The molecule has 0 aromatic heterocycles. The number of hydrogen-bond acceptors (Lipinski definition) is 5. The third-order valence-corrected chi connectivity index (χ3v) is 2.72. The van der Waals surface area contributed by atoms with Crippen LogP contribution in [-0.4, -0.2) is 40.0 Å². The lowest BCUT2D eigenvalue weighted by Crippen LogP contribution is -2.05. The van der Waals surface area contributed by atoms with Crippen molar-refractivity contribution >= 4 is 17.9 Å². The summed E-state index contributed by atoms with van der Waals surface area (Å²) in [7, 11) is 3.21. The Hall–Kier alpha value is -2.18. The van der Waals surface area contributed by atoms with Crippen LogP contribution in [0.25, 0.3) is 0 Å². The lowest BCUT2D eigenvalue weighted by molar-refractivity contribution is -0.0877. The number of hydrogen-bond donors (Lipinski definition) is 0. The summed E-state index contributed by atoms with van der Waals surface area (Å²) >= 11 is 5.94. The minimum absolute atomic E-state index is 0.0467. The summed E-state index contributed by atoms with van der Waals surface area (Å²) in [6.45, 7) is 1.93. The van der Waals surface area contributed by atoms with Crippen LogP contribution >= 0.6 is 11.6 Å². The average molecular weight is 339 g/mol. The molecule has 0 aliphatic carbocycles. The van der Waals surface area contributed by atoms with Crippen LogP contribution in [0.15, 0.2) is 12.1 Å². The number of carbonyl (C=O) groups excluding carboxylic acids is 1. The van der Waals surface area contributed by atoms with Crippen molar-refractivity contribution in [3.05, 3.63) is 22.7 Å². The number of terminal acetylenes is 2. The van der Waals surface area contributed by atoms with Gasteiger partial charge in [0.1, 0.15) is 19.5 Å². The summed E-state index contributed by atoms with van der Waals surface area (Å²) in [5, 5.41) is 0.247. The zero-order chi connectivity index (χ0) is 17.7. The second-order valence-electron chi connectivity index (χ2n) is 3.97. The highest BCUT2D eigenvalue weighted by molar-refractivity contribution is 6.32. The molecule has 0 spiro atoms. The van der Waals surface area contributed by atoms with Gasteiger partial charge in [0.15, 0.2) is 17.8 Å². The Balaban J connectivity index is 0.000000688. The Morgan fingerprint density at radius 3 is 2.17 bits per heavy atom. The summed E-state index contributed by atoms with van der Waals surface area (Å²) in [6, 6.07) is 2.95. The molecule has 0 saturated heterocycles. The molecule has 0 aliphatic heterocycles. The zero-order valence-corrected chi connectivity index (χ0v) is 14.1. The molecule has 0 N–H and O–H groups in total. The number of carbonyl (C=O) groups is 1. The molecule has 5 nitrogen and oxygen atoms in total. The maximum absolute atomic E-state index is 10.7. The molecule has 0 radical (unpaired) electrons. The summed E-state index contributed by atoms with van der Waals surface area (Å²) in [5.41, 5.74) is 0.370. The first kappa shape index (κ1) is 20.8. The quantitative estimate of drug-likeness (QED) is 0.435. The number of rotatable bonds is 7. The Morgan fingerprint density at radius 2 is 1.74 bits per heavy atom. The van der Waals surface area contributed by atoms with E-state index in [9.17, 15) is 4.79 Å². The zero-order valence-electron chi connectivity index (χ0n) is 13.3. The van der Waals surface area contributed by atoms with Gasteiger partial charge in [-0.25, -0.2) is 0 Å². The van der Waals surface area contributed by atoms with Crippen molar-refractivity contribution in [3.8, 4) is 36.2 Å². The van der Waals surface area contributed by atoms with Crippen molar-refractivity contribution in [2.75, 3.05) is 27.4 Å². The molecule has 0 fully saturated rings. The molecule has 6 heteroatoms. The third kappa shape index (κ3) is 8.13. The Morgan fingerprint density at radius 1 is 1.17 bits per heavy atom. The lowest BCUT2D eigenvalue weighted by atomic mass is 10.2. The van der Waals surface area contributed by atoms with Gasteiger partial charge in [-0.15, -0.1) is 12.8 Å². The van der Waals surface area contributed by atoms with Crippen molar-refractivity contribution in [1.29, 1.82) is 0 Å². The highest BCUT2D eigenvalue weighted by Gasteiger charge is 2.12. The first-order valence-corrected chi connectivity index (χ1v) is 6.88. The third-order valence-electron chi connectivity index (χ3n) is 2.44. The van der Waals surface area contributed by atoms with E-state index in [1.165, 1.54) is 12.1 Å². The van der Waals surface area contributed by atoms with E-state index in [-0.39, 0.29) is 30.3 Å². The molecule has 1 aromatic rings. The molecular weight excluding hydrogens is 320 g/mol. The van der Waals surface area contributed by atoms with Gasteiger partial charge in [0.05, 0.1) is 5.02 Å². The fourth-order valence-corrected chi connectivity index (χ4v) is 1.51. The summed E-state index contributed by atoms with van der Waals surface area (Å²) in [4.78, 5) is 10.7. The van der Waals surface area contributed by atoms with Crippen LogP contribution < -0.4 is 9.47 Å². The summed E-state index contributed by atoms with van der Waals surface area (Å²) in [6.07, 6.45) is 10.8. The average Bonchev–Trinajstić information content (AvgIpc) is 2.58. The van der Waals surface area contributed by atoms with Gasteiger partial charge < -0.3 is 18.9 Å². The van der Waals surface area contributed by atoms with E-state index < -0.39 is 0 Å². The van der Waals surface area contributed by atoms with Crippen LogP contribution in [0.1, 0.15) is 17.3 Å². The molecule has 23 heavy (non-hydrogen) atoms. The van der Waals surface area contributed by atoms with Crippen molar-refractivity contribution < 1.29 is 23.7 Å². The number of aldehydes is 1. The van der Waals surface area contributed by atoms with Gasteiger partial charge >= 0.3 is 0 Å². The van der Waals surface area contributed by atoms with E-state index >= 15 is 0 Å². The van der Waals surface area contributed by atoms with E-state index in [4.69, 9.17) is 33.9 Å². The predicted octanol–water partition coefficient (Wildman–Crippen LogP) is 2.80. The van der Waals surface area contributed by atoms with Crippen LogP contribution in [-0.2, 0) is 9.47 Å². The molecule has 124 valence electrons. The molecule has 0 unspecified atom stereocenters. The SMILES string of the molecule is C#CCOc1cc(C=O)cc(Cl)c1OCC#C.COC(C)OC. The highest BCUT2D eigenvalue weighted by atomic mass is 35.5. The molecule has 0 heterocycles. The first-order chi connectivity index (χ1) is 11.0. The topological polar surface area (TPSA) is 54.0 Å². The smallest absolute Gasteiger partial charge is 0.181 e. The summed E-state index contributed by atoms with van der Waals surface area (Å²) in [5.74, 6) is 5.20. The van der Waals surface area contributed by atoms with Crippen LogP contribution in [0.4, 0.5) is 0 Å². The van der Waals surface area contributed by atoms with Gasteiger partial charge in [0.2, 0.25) is 0 Å². The normalized spacial score (nSPS) is 9.17. The minimum atomic E-state index is -0.0648. The van der Waals surface area contributed by atoms with Gasteiger partial charge in [-0.05, 0) is 19.1 Å². The Kier molecular flexibility index (Phi) is 11.2. The van der Waals surface area contributed by atoms with E-state index in [0.717, 1.165) is 0 Å². The Labute approximate surface area is 141 Å². The van der Waals surface area contributed by atoms with E-state index in [2.05, 4.69) is 21.3 Å². The second-order valence-corrected chi connectivity index (χ2v) is 4.38. The van der Waals surface area contributed by atoms with Gasteiger partial charge in [0.25, 0.3) is 0 Å². The largest absolute Gasteiger partial charge is 0.477 e. The second kappa shape index (κ2) is 12.4. The molecule has 0 bridgehead atoms. The highest BCUT2D eigenvalue weighted by Crippen LogP contribution is 2.36. The van der Waals surface area contributed by atoms with Gasteiger partial charge in [-0.2, -0.15) is 0 Å². The van der Waals surface area contributed by atoms with Crippen molar-refractivity contribution in [3.63, 3.8) is 0 Å². The van der Waals surface area contributed by atoms with Crippen molar-refractivity contribution in [2.24, 2.45) is 0 Å². The Bertz CT molecular complexity index is 568. The molecule has 1 rings (SSSR count).